The van der Waals surface area contributed by atoms with E-state index in [9.17, 15) is 13.6 Å². The first-order chi connectivity index (χ1) is 12.4. The first-order valence-corrected chi connectivity index (χ1v) is 9.13. The number of aryl methyl sites for hydroxylation is 1. The van der Waals surface area contributed by atoms with E-state index in [2.05, 4.69) is 31.0 Å². The smallest absolute Gasteiger partial charge is 0.387 e. The first kappa shape index (κ1) is 18.5. The molecule has 2 aromatic carbocycles. The summed E-state index contributed by atoms with van der Waals surface area (Å²) in [5, 5.41) is 3.25. The zero-order valence-corrected chi connectivity index (χ0v) is 15.9. The summed E-state index contributed by atoms with van der Waals surface area (Å²) in [4.78, 5) is 17.7. The predicted molar refractivity (Wildman–Crippen MR) is 101 cm³/mol. The molecule has 0 atom stereocenters. The molecule has 3 aromatic rings. The molecule has 1 amide bonds. The third-order valence-corrected chi connectivity index (χ3v) is 5.07. The van der Waals surface area contributed by atoms with Crippen LogP contribution < -0.4 is 10.1 Å². The van der Waals surface area contributed by atoms with E-state index in [1.165, 1.54) is 23.5 Å². The number of ether oxygens (including phenoxy) is 1. The molecule has 0 saturated carbocycles. The summed E-state index contributed by atoms with van der Waals surface area (Å²) in [7, 11) is 0. The molecule has 4 nitrogen and oxygen atoms in total. The number of aromatic nitrogens is 1. The number of thiazole rings is 1. The van der Waals surface area contributed by atoms with Gasteiger partial charge in [-0.25, -0.2) is 4.98 Å². The van der Waals surface area contributed by atoms with Gasteiger partial charge in [-0.15, -0.1) is 11.3 Å². The number of carbonyl (C=O) groups excluding carboxylic acids is 1. The topological polar surface area (TPSA) is 51.2 Å². The van der Waals surface area contributed by atoms with Crippen molar-refractivity contribution in [3.05, 3.63) is 63.4 Å². The van der Waals surface area contributed by atoms with Gasteiger partial charge in [-0.05, 0) is 59.3 Å². The monoisotopic (exact) mass is 438 g/mol. The van der Waals surface area contributed by atoms with Crippen molar-refractivity contribution in [2.75, 3.05) is 5.32 Å². The molecule has 0 saturated heterocycles. The van der Waals surface area contributed by atoms with E-state index in [0.29, 0.717) is 20.9 Å². The van der Waals surface area contributed by atoms with Crippen LogP contribution in [0.2, 0.25) is 0 Å². The van der Waals surface area contributed by atoms with Crippen molar-refractivity contribution in [1.29, 1.82) is 0 Å². The van der Waals surface area contributed by atoms with E-state index >= 15 is 0 Å². The second-order valence-corrected chi connectivity index (χ2v) is 7.32. The Bertz CT molecular complexity index is 929. The van der Waals surface area contributed by atoms with Crippen LogP contribution in [0.15, 0.2) is 53.0 Å². The standard InChI is InChI=1S/C18H13BrF2N2O2S/c1-10-15(11-6-8-12(9-7-11)25-17(20)21)22-18(26-10)23-16(24)13-4-2-3-5-14(13)19/h2-9,17H,1H3,(H,22,23,24). The Hall–Kier alpha value is -2.32. The number of halogens is 3. The molecular formula is C18H13BrF2N2O2S. The fourth-order valence-electron chi connectivity index (χ4n) is 2.32. The zero-order valence-electron chi connectivity index (χ0n) is 13.5. The van der Waals surface area contributed by atoms with Gasteiger partial charge >= 0.3 is 6.61 Å². The number of nitrogens with zero attached hydrogens (tertiary/aromatic N) is 1. The second-order valence-electron chi connectivity index (χ2n) is 5.26. The van der Waals surface area contributed by atoms with Gasteiger partial charge in [0.15, 0.2) is 5.13 Å². The number of benzene rings is 2. The molecule has 0 spiro atoms. The maximum atomic E-state index is 12.4. The van der Waals surface area contributed by atoms with E-state index in [4.69, 9.17) is 0 Å². The van der Waals surface area contributed by atoms with Gasteiger partial charge in [0.05, 0.1) is 11.3 Å². The van der Waals surface area contributed by atoms with Gasteiger partial charge in [0.2, 0.25) is 0 Å². The van der Waals surface area contributed by atoms with Crippen molar-refractivity contribution < 1.29 is 18.3 Å². The molecule has 134 valence electrons. The highest BCUT2D eigenvalue weighted by atomic mass is 79.9. The molecule has 0 unspecified atom stereocenters. The van der Waals surface area contributed by atoms with E-state index in [1.54, 1.807) is 30.3 Å². The summed E-state index contributed by atoms with van der Waals surface area (Å²) < 4.78 is 29.5. The lowest BCUT2D eigenvalue weighted by atomic mass is 10.1. The molecule has 0 aliphatic rings. The Morgan fingerprint density at radius 3 is 2.54 bits per heavy atom. The van der Waals surface area contributed by atoms with Crippen LogP contribution in [0.4, 0.5) is 13.9 Å². The molecular weight excluding hydrogens is 426 g/mol. The third-order valence-electron chi connectivity index (χ3n) is 3.49. The Labute approximate surface area is 161 Å². The summed E-state index contributed by atoms with van der Waals surface area (Å²) in [5.74, 6) is -0.183. The molecule has 1 aromatic heterocycles. The molecule has 26 heavy (non-hydrogen) atoms. The fraction of sp³-hybridized carbons (Fsp3) is 0.111. The highest BCUT2D eigenvalue weighted by Crippen LogP contribution is 2.32. The van der Waals surface area contributed by atoms with Crippen LogP contribution in [0.1, 0.15) is 15.2 Å². The molecule has 1 heterocycles. The van der Waals surface area contributed by atoms with Gasteiger partial charge in [0, 0.05) is 14.9 Å². The third kappa shape index (κ3) is 4.25. The lowest BCUT2D eigenvalue weighted by molar-refractivity contribution is -0.0498. The largest absolute Gasteiger partial charge is 0.435 e. The Kier molecular flexibility index (Phi) is 5.63. The fourth-order valence-corrected chi connectivity index (χ4v) is 3.62. The van der Waals surface area contributed by atoms with Gasteiger partial charge < -0.3 is 4.74 Å². The van der Waals surface area contributed by atoms with Crippen molar-refractivity contribution in [3.8, 4) is 17.0 Å². The van der Waals surface area contributed by atoms with Crippen LogP contribution in [0.5, 0.6) is 5.75 Å². The van der Waals surface area contributed by atoms with Crippen LogP contribution in [-0.2, 0) is 0 Å². The lowest BCUT2D eigenvalue weighted by Gasteiger charge is -2.05. The number of carbonyl (C=O) groups is 1. The van der Waals surface area contributed by atoms with Crippen molar-refractivity contribution in [2.24, 2.45) is 0 Å². The molecule has 0 aliphatic heterocycles. The SMILES string of the molecule is Cc1sc(NC(=O)c2ccccc2Br)nc1-c1ccc(OC(F)F)cc1. The number of rotatable bonds is 5. The van der Waals surface area contributed by atoms with Crippen LogP contribution in [0.3, 0.4) is 0 Å². The van der Waals surface area contributed by atoms with Crippen molar-refractivity contribution >= 4 is 38.3 Å². The highest BCUT2D eigenvalue weighted by molar-refractivity contribution is 9.10. The average Bonchev–Trinajstić information content (AvgIpc) is 2.95. The van der Waals surface area contributed by atoms with Crippen LogP contribution >= 0.6 is 27.3 Å². The summed E-state index contributed by atoms with van der Waals surface area (Å²) in [5.41, 5.74) is 1.94. The molecule has 8 heteroatoms. The Morgan fingerprint density at radius 2 is 1.88 bits per heavy atom. The summed E-state index contributed by atoms with van der Waals surface area (Å²) in [6.07, 6.45) is 0. The normalized spacial score (nSPS) is 10.8. The van der Waals surface area contributed by atoms with Gasteiger partial charge in [-0.2, -0.15) is 8.78 Å². The van der Waals surface area contributed by atoms with Crippen LogP contribution in [-0.4, -0.2) is 17.5 Å². The van der Waals surface area contributed by atoms with Crippen LogP contribution in [0, 0.1) is 6.92 Å². The maximum absolute atomic E-state index is 12.4. The van der Waals surface area contributed by atoms with Crippen molar-refractivity contribution in [1.82, 2.24) is 4.98 Å². The number of nitrogens with one attached hydrogen (secondary N) is 1. The number of anilines is 1. The van der Waals surface area contributed by atoms with Crippen LogP contribution in [0.25, 0.3) is 11.3 Å². The van der Waals surface area contributed by atoms with Gasteiger partial charge in [0.25, 0.3) is 5.91 Å². The van der Waals surface area contributed by atoms with Gasteiger partial charge in [-0.3, -0.25) is 10.1 Å². The molecule has 0 fully saturated rings. The number of hydrogen-bond donors (Lipinski definition) is 1. The van der Waals surface area contributed by atoms with Crippen molar-refractivity contribution in [2.45, 2.75) is 13.5 Å². The summed E-state index contributed by atoms with van der Waals surface area (Å²) in [6.45, 7) is -0.981. The summed E-state index contributed by atoms with van der Waals surface area (Å²) in [6, 6.07) is 13.3. The van der Waals surface area contributed by atoms with E-state index in [1.807, 2.05) is 13.0 Å². The van der Waals surface area contributed by atoms with Gasteiger partial charge in [-0.1, -0.05) is 12.1 Å². The Balaban J connectivity index is 1.79. The highest BCUT2D eigenvalue weighted by Gasteiger charge is 2.15. The molecule has 0 bridgehead atoms. The minimum Gasteiger partial charge on any atom is -0.435 e. The van der Waals surface area contributed by atoms with E-state index in [-0.39, 0.29) is 11.7 Å². The number of alkyl halides is 2. The predicted octanol–water partition coefficient (Wildman–Crippen LogP) is 5.73. The lowest BCUT2D eigenvalue weighted by Crippen LogP contribution is -2.12. The zero-order chi connectivity index (χ0) is 18.7. The average molecular weight is 439 g/mol. The van der Waals surface area contributed by atoms with E-state index in [0.717, 1.165) is 10.4 Å². The molecule has 0 radical (unpaired) electrons. The maximum Gasteiger partial charge on any atom is 0.387 e. The summed E-state index contributed by atoms with van der Waals surface area (Å²) >= 11 is 4.69. The number of amides is 1. The second kappa shape index (κ2) is 7.92. The molecule has 0 aliphatic carbocycles. The minimum absolute atomic E-state index is 0.0825. The molecule has 3 rings (SSSR count). The van der Waals surface area contributed by atoms with Gasteiger partial charge in [0.1, 0.15) is 5.75 Å². The quantitative estimate of drug-likeness (QED) is 0.552. The Morgan fingerprint density at radius 1 is 1.19 bits per heavy atom. The first-order valence-electron chi connectivity index (χ1n) is 7.52. The van der Waals surface area contributed by atoms with E-state index < -0.39 is 6.61 Å². The van der Waals surface area contributed by atoms with Crippen molar-refractivity contribution in [3.63, 3.8) is 0 Å². The minimum atomic E-state index is -2.86. The molecule has 1 N–H and O–H groups in total. The number of hydrogen-bond acceptors (Lipinski definition) is 4.